The van der Waals surface area contributed by atoms with Crippen LogP contribution in [0.1, 0.15) is 10.5 Å². The number of hydrogen-bond acceptors (Lipinski definition) is 4. The second-order valence-corrected chi connectivity index (χ2v) is 3.78. The van der Waals surface area contributed by atoms with E-state index in [4.69, 9.17) is 9.47 Å². The van der Waals surface area contributed by atoms with Crippen molar-refractivity contribution < 1.29 is 14.3 Å². The van der Waals surface area contributed by atoms with Gasteiger partial charge in [0.05, 0.1) is 26.2 Å². The van der Waals surface area contributed by atoms with Gasteiger partial charge in [-0.25, -0.2) is 4.98 Å². The van der Waals surface area contributed by atoms with E-state index in [0.717, 1.165) is 11.8 Å². The molecule has 0 saturated heterocycles. The van der Waals surface area contributed by atoms with Gasteiger partial charge in [0.2, 0.25) is 0 Å². The molecule has 0 atom stereocenters. The number of ether oxygens (including phenoxy) is 2. The number of carbonyl (C=O) groups is 1. The molecular formula is C13H14N2O3. The summed E-state index contributed by atoms with van der Waals surface area (Å²) in [4.78, 5) is 15.3. The van der Waals surface area contributed by atoms with Gasteiger partial charge >= 0.3 is 0 Å². The minimum absolute atomic E-state index is 0.530. The molecule has 1 heterocycles. The minimum Gasteiger partial charge on any atom is -0.493 e. The van der Waals surface area contributed by atoms with E-state index in [9.17, 15) is 4.79 Å². The van der Waals surface area contributed by atoms with Crippen LogP contribution in [0.15, 0.2) is 24.5 Å². The molecule has 0 aliphatic carbocycles. The largest absolute Gasteiger partial charge is 0.493 e. The number of imidazole rings is 1. The van der Waals surface area contributed by atoms with E-state index in [2.05, 4.69) is 4.98 Å². The topological polar surface area (TPSA) is 53.4 Å². The van der Waals surface area contributed by atoms with E-state index in [1.165, 1.54) is 0 Å². The highest BCUT2D eigenvalue weighted by Gasteiger charge is 2.13. The first-order valence-electron chi connectivity index (χ1n) is 5.40. The highest BCUT2D eigenvalue weighted by atomic mass is 16.5. The lowest BCUT2D eigenvalue weighted by Gasteiger charge is -2.08. The first kappa shape index (κ1) is 12.2. The Labute approximate surface area is 105 Å². The maximum atomic E-state index is 11.0. The van der Waals surface area contributed by atoms with E-state index < -0.39 is 0 Å². The molecule has 0 spiro atoms. The van der Waals surface area contributed by atoms with Gasteiger partial charge in [-0.1, -0.05) is 0 Å². The number of rotatable bonds is 4. The third-order valence-electron chi connectivity index (χ3n) is 2.75. The fraction of sp³-hybridized carbons (Fsp3) is 0.231. The Bertz CT molecular complexity index is 576. The zero-order chi connectivity index (χ0) is 13.1. The van der Waals surface area contributed by atoms with Gasteiger partial charge < -0.3 is 14.0 Å². The highest BCUT2D eigenvalue weighted by Crippen LogP contribution is 2.32. The zero-order valence-electron chi connectivity index (χ0n) is 10.5. The van der Waals surface area contributed by atoms with E-state index in [1.54, 1.807) is 44.3 Å². The van der Waals surface area contributed by atoms with Crippen LogP contribution in [0.25, 0.3) is 11.3 Å². The number of aryl methyl sites for hydroxylation is 1. The molecule has 0 fully saturated rings. The fourth-order valence-corrected chi connectivity index (χ4v) is 1.78. The average molecular weight is 246 g/mol. The summed E-state index contributed by atoms with van der Waals surface area (Å²) in [5.74, 6) is 1.25. The van der Waals surface area contributed by atoms with Gasteiger partial charge in [0, 0.05) is 12.6 Å². The maximum Gasteiger partial charge on any atom is 0.168 e. The normalized spacial score (nSPS) is 10.2. The van der Waals surface area contributed by atoms with Crippen molar-refractivity contribution in [2.24, 2.45) is 7.05 Å². The Kier molecular flexibility index (Phi) is 3.32. The number of nitrogens with zero attached hydrogens (tertiary/aromatic N) is 2. The lowest BCUT2D eigenvalue weighted by molar-refractivity contribution is 0.111. The van der Waals surface area contributed by atoms with Gasteiger partial charge in [0.15, 0.2) is 17.8 Å². The van der Waals surface area contributed by atoms with Gasteiger partial charge in [-0.05, 0) is 18.2 Å². The molecule has 2 rings (SSSR count). The average Bonchev–Trinajstić information content (AvgIpc) is 2.78. The van der Waals surface area contributed by atoms with Gasteiger partial charge in [-0.2, -0.15) is 0 Å². The molecule has 0 N–H and O–H groups in total. The smallest absolute Gasteiger partial charge is 0.168 e. The molecule has 1 aromatic heterocycles. The van der Waals surface area contributed by atoms with Crippen LogP contribution in [0.4, 0.5) is 0 Å². The standard InChI is InChI=1S/C13H14N2O3/c1-15-8-14-13(10(15)7-16)9-4-5-11(17-2)12(6-9)18-3/h4-8H,1-3H3. The van der Waals surface area contributed by atoms with Crippen LogP contribution < -0.4 is 9.47 Å². The molecule has 0 saturated carbocycles. The van der Waals surface area contributed by atoms with E-state index in [0.29, 0.717) is 22.9 Å². The molecule has 18 heavy (non-hydrogen) atoms. The van der Waals surface area contributed by atoms with Crippen molar-refractivity contribution in [3.63, 3.8) is 0 Å². The molecule has 0 unspecified atom stereocenters. The van der Waals surface area contributed by atoms with Crippen LogP contribution >= 0.6 is 0 Å². The number of benzene rings is 1. The Morgan fingerprint density at radius 1 is 1.22 bits per heavy atom. The third kappa shape index (κ3) is 1.95. The van der Waals surface area contributed by atoms with Crippen molar-refractivity contribution in [1.82, 2.24) is 9.55 Å². The van der Waals surface area contributed by atoms with Gasteiger partial charge in [0.25, 0.3) is 0 Å². The third-order valence-corrected chi connectivity index (χ3v) is 2.75. The van der Waals surface area contributed by atoms with Crippen molar-refractivity contribution in [1.29, 1.82) is 0 Å². The molecular weight excluding hydrogens is 232 g/mol. The Hall–Kier alpha value is -2.30. The van der Waals surface area contributed by atoms with Crippen molar-refractivity contribution in [2.75, 3.05) is 14.2 Å². The summed E-state index contributed by atoms with van der Waals surface area (Å²) in [6, 6.07) is 5.43. The quantitative estimate of drug-likeness (QED) is 0.773. The summed E-state index contributed by atoms with van der Waals surface area (Å²) in [6.07, 6.45) is 2.40. The maximum absolute atomic E-state index is 11.0. The number of aromatic nitrogens is 2. The summed E-state index contributed by atoms with van der Waals surface area (Å²) in [6.45, 7) is 0. The van der Waals surface area contributed by atoms with Gasteiger partial charge in [-0.15, -0.1) is 0 Å². The molecule has 0 aliphatic heterocycles. The van der Waals surface area contributed by atoms with Gasteiger partial charge in [-0.3, -0.25) is 4.79 Å². The number of aldehydes is 1. The lowest BCUT2D eigenvalue weighted by Crippen LogP contribution is -1.95. The second kappa shape index (κ2) is 4.91. The van der Waals surface area contributed by atoms with Crippen LogP contribution in [-0.2, 0) is 7.05 Å². The van der Waals surface area contributed by atoms with E-state index in [-0.39, 0.29) is 0 Å². The summed E-state index contributed by atoms with van der Waals surface area (Å²) >= 11 is 0. The summed E-state index contributed by atoms with van der Waals surface area (Å²) in [5, 5.41) is 0. The minimum atomic E-state index is 0.530. The van der Waals surface area contributed by atoms with Crippen LogP contribution in [0.3, 0.4) is 0 Å². The van der Waals surface area contributed by atoms with Crippen molar-refractivity contribution in [3.05, 3.63) is 30.2 Å². The lowest BCUT2D eigenvalue weighted by atomic mass is 10.1. The molecule has 5 heteroatoms. The Balaban J connectivity index is 2.54. The molecule has 94 valence electrons. The SMILES string of the molecule is COc1ccc(-c2ncn(C)c2C=O)cc1OC. The van der Waals surface area contributed by atoms with Crippen LogP contribution in [0.5, 0.6) is 11.5 Å². The van der Waals surface area contributed by atoms with Crippen molar-refractivity contribution in [3.8, 4) is 22.8 Å². The molecule has 0 aliphatic rings. The number of carbonyl (C=O) groups excluding carboxylic acids is 1. The molecule has 1 aromatic carbocycles. The highest BCUT2D eigenvalue weighted by molar-refractivity contribution is 5.84. The van der Waals surface area contributed by atoms with E-state index >= 15 is 0 Å². The Morgan fingerprint density at radius 3 is 2.56 bits per heavy atom. The van der Waals surface area contributed by atoms with Gasteiger partial charge in [0.1, 0.15) is 5.69 Å². The second-order valence-electron chi connectivity index (χ2n) is 3.78. The first-order valence-corrected chi connectivity index (χ1v) is 5.40. The number of methoxy groups -OCH3 is 2. The monoisotopic (exact) mass is 246 g/mol. The number of hydrogen-bond donors (Lipinski definition) is 0. The molecule has 5 nitrogen and oxygen atoms in total. The molecule has 0 amide bonds. The predicted molar refractivity (Wildman–Crippen MR) is 67.1 cm³/mol. The van der Waals surface area contributed by atoms with E-state index in [1.807, 2.05) is 6.07 Å². The van der Waals surface area contributed by atoms with Crippen LogP contribution in [-0.4, -0.2) is 30.1 Å². The first-order chi connectivity index (χ1) is 8.71. The van der Waals surface area contributed by atoms with Crippen LogP contribution in [0.2, 0.25) is 0 Å². The summed E-state index contributed by atoms with van der Waals surface area (Å²) in [5.41, 5.74) is 1.98. The molecule has 2 aromatic rings. The zero-order valence-corrected chi connectivity index (χ0v) is 10.5. The Morgan fingerprint density at radius 2 is 1.94 bits per heavy atom. The predicted octanol–water partition coefficient (Wildman–Crippen LogP) is 1.92. The summed E-state index contributed by atoms with van der Waals surface area (Å²) in [7, 11) is 4.93. The fourth-order valence-electron chi connectivity index (χ4n) is 1.78. The van der Waals surface area contributed by atoms with Crippen LogP contribution in [0, 0.1) is 0 Å². The molecule has 0 radical (unpaired) electrons. The summed E-state index contributed by atoms with van der Waals surface area (Å²) < 4.78 is 12.1. The van der Waals surface area contributed by atoms with Crippen molar-refractivity contribution >= 4 is 6.29 Å². The van der Waals surface area contributed by atoms with Crippen molar-refractivity contribution in [2.45, 2.75) is 0 Å². The molecule has 0 bridgehead atoms.